The SMILES string of the molecule is Cc1c(C(=O)Nc2ccc(N3CCOCC3)nc2)sc2nnc(C(C)C)n12. The van der Waals surface area contributed by atoms with Crippen LogP contribution in [0.3, 0.4) is 0 Å². The summed E-state index contributed by atoms with van der Waals surface area (Å²) in [5.41, 5.74) is 1.53. The molecule has 0 aromatic carbocycles. The van der Waals surface area contributed by atoms with Crippen LogP contribution in [0.5, 0.6) is 0 Å². The highest BCUT2D eigenvalue weighted by atomic mass is 32.1. The molecule has 4 heterocycles. The summed E-state index contributed by atoms with van der Waals surface area (Å²) in [5.74, 6) is 1.85. The van der Waals surface area contributed by atoms with Crippen molar-refractivity contribution in [3.8, 4) is 0 Å². The number of carbonyl (C=O) groups is 1. The number of amides is 1. The third-order valence-corrected chi connectivity index (χ3v) is 5.71. The van der Waals surface area contributed by atoms with Gasteiger partial charge in [0, 0.05) is 24.7 Å². The summed E-state index contributed by atoms with van der Waals surface area (Å²) in [4.78, 5) is 20.8. The second-order valence-electron chi connectivity index (χ2n) is 6.81. The van der Waals surface area contributed by atoms with Gasteiger partial charge in [-0.25, -0.2) is 4.98 Å². The van der Waals surface area contributed by atoms with Crippen molar-refractivity contribution in [3.63, 3.8) is 0 Å². The lowest BCUT2D eigenvalue weighted by Crippen LogP contribution is -2.36. The number of rotatable bonds is 4. The third kappa shape index (κ3) is 3.40. The van der Waals surface area contributed by atoms with Gasteiger partial charge in [0.05, 0.1) is 25.1 Å². The molecule has 8 nitrogen and oxygen atoms in total. The number of aromatic nitrogens is 4. The van der Waals surface area contributed by atoms with E-state index in [0.29, 0.717) is 23.8 Å². The largest absolute Gasteiger partial charge is 0.378 e. The van der Waals surface area contributed by atoms with Gasteiger partial charge in [-0.1, -0.05) is 25.2 Å². The monoisotopic (exact) mass is 386 g/mol. The highest BCUT2D eigenvalue weighted by Gasteiger charge is 2.21. The topological polar surface area (TPSA) is 84.7 Å². The van der Waals surface area contributed by atoms with Crippen molar-refractivity contribution >= 4 is 33.7 Å². The first-order valence-electron chi connectivity index (χ1n) is 8.99. The second kappa shape index (κ2) is 7.24. The molecular weight excluding hydrogens is 364 g/mol. The summed E-state index contributed by atoms with van der Waals surface area (Å²) < 4.78 is 7.32. The standard InChI is InChI=1S/C18H22N6O2S/c1-11(2)16-21-22-18-24(16)12(3)15(27-18)17(25)20-13-4-5-14(19-10-13)23-6-8-26-9-7-23/h4-5,10-11H,6-9H2,1-3H3,(H,20,25). The molecule has 0 aliphatic carbocycles. The number of anilines is 2. The molecule has 0 radical (unpaired) electrons. The van der Waals surface area contributed by atoms with Crippen molar-refractivity contribution in [1.29, 1.82) is 0 Å². The minimum Gasteiger partial charge on any atom is -0.378 e. The molecule has 1 aliphatic rings. The Balaban J connectivity index is 1.52. The average Bonchev–Trinajstić information content (AvgIpc) is 3.24. The number of carbonyl (C=O) groups excluding carboxylic acids is 1. The highest BCUT2D eigenvalue weighted by molar-refractivity contribution is 7.19. The van der Waals surface area contributed by atoms with E-state index in [9.17, 15) is 4.79 Å². The Morgan fingerprint density at radius 3 is 2.70 bits per heavy atom. The lowest BCUT2D eigenvalue weighted by molar-refractivity contribution is 0.102. The van der Waals surface area contributed by atoms with E-state index in [2.05, 4.69) is 39.2 Å². The van der Waals surface area contributed by atoms with Crippen LogP contribution in [0.1, 0.15) is 41.0 Å². The van der Waals surface area contributed by atoms with Gasteiger partial charge in [-0.3, -0.25) is 9.20 Å². The van der Waals surface area contributed by atoms with E-state index >= 15 is 0 Å². The third-order valence-electron chi connectivity index (χ3n) is 4.58. The molecule has 0 saturated carbocycles. The zero-order chi connectivity index (χ0) is 19.0. The Morgan fingerprint density at radius 1 is 1.26 bits per heavy atom. The predicted octanol–water partition coefficient (Wildman–Crippen LogP) is 2.71. The van der Waals surface area contributed by atoms with Crippen LogP contribution >= 0.6 is 11.3 Å². The first-order valence-corrected chi connectivity index (χ1v) is 9.80. The first kappa shape index (κ1) is 17.9. The van der Waals surface area contributed by atoms with E-state index in [1.54, 1.807) is 6.20 Å². The maximum atomic E-state index is 12.8. The smallest absolute Gasteiger partial charge is 0.267 e. The van der Waals surface area contributed by atoms with Crippen LogP contribution in [0.4, 0.5) is 11.5 Å². The number of morpholine rings is 1. The molecule has 0 spiro atoms. The Labute approximate surface area is 161 Å². The van der Waals surface area contributed by atoms with Crippen molar-refractivity contribution in [2.24, 2.45) is 0 Å². The average molecular weight is 386 g/mol. The summed E-state index contributed by atoms with van der Waals surface area (Å²) in [7, 11) is 0. The van der Waals surface area contributed by atoms with Crippen LogP contribution in [0.2, 0.25) is 0 Å². The summed E-state index contributed by atoms with van der Waals surface area (Å²) in [5, 5.41) is 11.4. The van der Waals surface area contributed by atoms with Crippen molar-refractivity contribution < 1.29 is 9.53 Å². The first-order chi connectivity index (χ1) is 13.0. The second-order valence-corrected chi connectivity index (χ2v) is 7.78. The number of hydrogen-bond acceptors (Lipinski definition) is 7. The van der Waals surface area contributed by atoms with Crippen molar-refractivity contribution in [3.05, 3.63) is 34.7 Å². The number of nitrogens with one attached hydrogen (secondary N) is 1. The minimum atomic E-state index is -0.154. The molecule has 3 aromatic rings. The predicted molar refractivity (Wildman–Crippen MR) is 105 cm³/mol. The normalized spacial score (nSPS) is 14.9. The van der Waals surface area contributed by atoms with Crippen LogP contribution in [-0.4, -0.2) is 51.8 Å². The maximum Gasteiger partial charge on any atom is 0.267 e. The number of ether oxygens (including phenoxy) is 1. The zero-order valence-corrected chi connectivity index (χ0v) is 16.4. The van der Waals surface area contributed by atoms with Gasteiger partial charge in [-0.15, -0.1) is 10.2 Å². The number of fused-ring (bicyclic) bond motifs is 1. The Kier molecular flexibility index (Phi) is 4.79. The fraction of sp³-hybridized carbons (Fsp3) is 0.444. The van der Waals surface area contributed by atoms with Gasteiger partial charge >= 0.3 is 0 Å². The molecule has 4 rings (SSSR count). The fourth-order valence-corrected chi connectivity index (χ4v) is 4.11. The molecule has 0 atom stereocenters. The molecule has 1 aliphatic heterocycles. The molecule has 1 N–H and O–H groups in total. The fourth-order valence-electron chi connectivity index (χ4n) is 3.14. The molecule has 27 heavy (non-hydrogen) atoms. The molecule has 3 aromatic heterocycles. The summed E-state index contributed by atoms with van der Waals surface area (Å²) >= 11 is 1.35. The molecule has 0 bridgehead atoms. The molecule has 142 valence electrons. The van der Waals surface area contributed by atoms with E-state index in [-0.39, 0.29) is 11.8 Å². The van der Waals surface area contributed by atoms with E-state index in [1.165, 1.54) is 11.3 Å². The van der Waals surface area contributed by atoms with Crippen LogP contribution in [0.15, 0.2) is 18.3 Å². The number of nitrogens with zero attached hydrogens (tertiary/aromatic N) is 5. The van der Waals surface area contributed by atoms with E-state index in [1.807, 2.05) is 23.5 Å². The van der Waals surface area contributed by atoms with Gasteiger partial charge in [0.25, 0.3) is 5.91 Å². The van der Waals surface area contributed by atoms with Crippen molar-refractivity contribution in [2.45, 2.75) is 26.7 Å². The number of thiazole rings is 1. The lowest BCUT2D eigenvalue weighted by atomic mass is 10.2. The molecule has 1 amide bonds. The number of pyridine rings is 1. The Bertz CT molecular complexity index is 956. The van der Waals surface area contributed by atoms with E-state index < -0.39 is 0 Å². The van der Waals surface area contributed by atoms with Crippen LogP contribution < -0.4 is 10.2 Å². The molecular formula is C18H22N6O2S. The summed E-state index contributed by atoms with van der Waals surface area (Å²) in [6.45, 7) is 9.15. The minimum absolute atomic E-state index is 0.154. The Morgan fingerprint density at radius 2 is 2.04 bits per heavy atom. The van der Waals surface area contributed by atoms with Gasteiger partial charge in [0.1, 0.15) is 16.5 Å². The molecule has 0 unspecified atom stereocenters. The van der Waals surface area contributed by atoms with Crippen molar-refractivity contribution in [1.82, 2.24) is 19.6 Å². The van der Waals surface area contributed by atoms with Gasteiger partial charge in [-0.2, -0.15) is 0 Å². The van der Waals surface area contributed by atoms with E-state index in [4.69, 9.17) is 4.74 Å². The molecule has 1 saturated heterocycles. The zero-order valence-electron chi connectivity index (χ0n) is 15.6. The number of aryl methyl sites for hydroxylation is 1. The van der Waals surface area contributed by atoms with Crippen molar-refractivity contribution in [2.75, 3.05) is 36.5 Å². The summed E-state index contributed by atoms with van der Waals surface area (Å²) in [6, 6.07) is 3.81. The van der Waals surface area contributed by atoms with Gasteiger partial charge in [-0.05, 0) is 19.1 Å². The summed E-state index contributed by atoms with van der Waals surface area (Å²) in [6.07, 6.45) is 1.69. The van der Waals surface area contributed by atoms with Crippen LogP contribution in [-0.2, 0) is 4.74 Å². The van der Waals surface area contributed by atoms with Crippen LogP contribution in [0.25, 0.3) is 4.96 Å². The van der Waals surface area contributed by atoms with Gasteiger partial charge in [0.15, 0.2) is 0 Å². The maximum absolute atomic E-state index is 12.8. The van der Waals surface area contributed by atoms with Gasteiger partial charge < -0.3 is 15.0 Å². The van der Waals surface area contributed by atoms with E-state index in [0.717, 1.165) is 35.4 Å². The molecule has 1 fully saturated rings. The number of hydrogen-bond donors (Lipinski definition) is 1. The Hall–Kier alpha value is -2.52. The highest BCUT2D eigenvalue weighted by Crippen LogP contribution is 2.26. The van der Waals surface area contributed by atoms with Gasteiger partial charge in [0.2, 0.25) is 4.96 Å². The van der Waals surface area contributed by atoms with Crippen LogP contribution in [0, 0.1) is 6.92 Å². The molecule has 9 heteroatoms. The lowest BCUT2D eigenvalue weighted by Gasteiger charge is -2.27. The quantitative estimate of drug-likeness (QED) is 0.742.